The minimum absolute atomic E-state index is 0.0893. The van der Waals surface area contributed by atoms with Gasteiger partial charge in [-0.3, -0.25) is 10.1 Å². The molecule has 0 bridgehead atoms. The lowest BCUT2D eigenvalue weighted by molar-refractivity contribution is -0.384. The predicted octanol–water partition coefficient (Wildman–Crippen LogP) is 3.29. The molecule has 0 aliphatic carbocycles. The van der Waals surface area contributed by atoms with E-state index in [-0.39, 0.29) is 11.0 Å². The first-order chi connectivity index (χ1) is 10.3. The summed E-state index contributed by atoms with van der Waals surface area (Å²) in [6, 6.07) is 0.461. The highest BCUT2D eigenvalue weighted by Crippen LogP contribution is 2.32. The van der Waals surface area contributed by atoms with Crippen molar-refractivity contribution in [2.75, 3.05) is 5.32 Å². The normalized spacial score (nSPS) is 10.5. The average Bonchev–Trinajstić information content (AvgIpc) is 2.85. The Hall–Kier alpha value is -2.33. The molecular formula is C11H6ClF2N3O4S. The lowest BCUT2D eigenvalue weighted by Gasteiger charge is -2.09. The first-order valence-electron chi connectivity index (χ1n) is 5.55. The molecule has 0 fully saturated rings. The van der Waals surface area contributed by atoms with Crippen LogP contribution >= 0.6 is 22.9 Å². The Bertz CT molecular complexity index is 768. The summed E-state index contributed by atoms with van der Waals surface area (Å²) < 4.78 is 27.8. The van der Waals surface area contributed by atoms with Crippen LogP contribution in [-0.2, 0) is 6.54 Å². The van der Waals surface area contributed by atoms with Gasteiger partial charge in [-0.25, -0.2) is 18.6 Å². The third-order valence-electron chi connectivity index (χ3n) is 2.58. The van der Waals surface area contributed by atoms with Gasteiger partial charge in [0, 0.05) is 17.1 Å². The Labute approximate surface area is 130 Å². The van der Waals surface area contributed by atoms with Crippen molar-refractivity contribution in [1.29, 1.82) is 0 Å². The maximum atomic E-state index is 13.9. The Morgan fingerprint density at radius 1 is 1.50 bits per heavy atom. The van der Waals surface area contributed by atoms with E-state index >= 15 is 0 Å². The Kier molecular flexibility index (Phi) is 4.52. The van der Waals surface area contributed by atoms with Crippen LogP contribution in [-0.4, -0.2) is 21.0 Å². The summed E-state index contributed by atoms with van der Waals surface area (Å²) in [6.45, 7) is -0.0893. The largest absolute Gasteiger partial charge is 0.478 e. The molecule has 2 aromatic rings. The van der Waals surface area contributed by atoms with Crippen molar-refractivity contribution in [3.63, 3.8) is 0 Å². The van der Waals surface area contributed by atoms with Gasteiger partial charge in [0.25, 0.3) is 5.69 Å². The van der Waals surface area contributed by atoms with E-state index in [1.54, 1.807) is 0 Å². The molecule has 0 saturated carbocycles. The molecule has 1 heterocycles. The fourth-order valence-corrected chi connectivity index (χ4v) is 2.54. The van der Waals surface area contributed by atoms with Crippen LogP contribution in [0.15, 0.2) is 12.3 Å². The smallest absolute Gasteiger partial charge is 0.339 e. The van der Waals surface area contributed by atoms with Crippen LogP contribution in [0.25, 0.3) is 0 Å². The first-order valence-corrected chi connectivity index (χ1v) is 6.74. The lowest BCUT2D eigenvalue weighted by Crippen LogP contribution is -2.10. The monoisotopic (exact) mass is 349 g/mol. The van der Waals surface area contributed by atoms with Crippen LogP contribution in [0.3, 0.4) is 0 Å². The molecule has 1 aromatic heterocycles. The number of nitro groups is 1. The van der Waals surface area contributed by atoms with Gasteiger partial charge in [0.05, 0.1) is 11.5 Å². The second-order valence-corrected chi connectivity index (χ2v) is 5.64. The third kappa shape index (κ3) is 3.12. The number of aromatic nitrogens is 1. The zero-order valence-electron chi connectivity index (χ0n) is 10.5. The number of rotatable bonds is 5. The average molecular weight is 350 g/mol. The summed E-state index contributed by atoms with van der Waals surface area (Å²) in [5, 5.41) is 22.0. The molecule has 22 heavy (non-hydrogen) atoms. The van der Waals surface area contributed by atoms with Crippen LogP contribution in [0.5, 0.6) is 0 Å². The minimum Gasteiger partial charge on any atom is -0.478 e. The highest BCUT2D eigenvalue weighted by molar-refractivity contribution is 7.15. The number of carbonyl (C=O) groups is 1. The van der Waals surface area contributed by atoms with Gasteiger partial charge in [-0.1, -0.05) is 11.6 Å². The lowest BCUT2D eigenvalue weighted by atomic mass is 10.1. The zero-order chi connectivity index (χ0) is 16.4. The number of benzene rings is 1. The summed E-state index contributed by atoms with van der Waals surface area (Å²) >= 11 is 6.66. The number of thiazole rings is 1. The Morgan fingerprint density at radius 3 is 2.68 bits per heavy atom. The number of nitrogens with zero attached hydrogens (tertiary/aromatic N) is 2. The fourth-order valence-electron chi connectivity index (χ4n) is 1.62. The SMILES string of the molecule is O=C(O)c1cc([N+](=O)[O-])c(NCc2cnc(Cl)s2)c(F)c1F. The van der Waals surface area contributed by atoms with Gasteiger partial charge in [-0.15, -0.1) is 11.3 Å². The van der Waals surface area contributed by atoms with Crippen LogP contribution < -0.4 is 5.32 Å². The molecule has 0 saturated heterocycles. The van der Waals surface area contributed by atoms with Crippen molar-refractivity contribution < 1.29 is 23.6 Å². The predicted molar refractivity (Wildman–Crippen MR) is 74.4 cm³/mol. The molecule has 2 N–H and O–H groups in total. The van der Waals surface area contributed by atoms with E-state index in [2.05, 4.69) is 10.3 Å². The fraction of sp³-hybridized carbons (Fsp3) is 0.0909. The van der Waals surface area contributed by atoms with Crippen molar-refractivity contribution in [2.24, 2.45) is 0 Å². The number of anilines is 1. The van der Waals surface area contributed by atoms with Crippen molar-refractivity contribution in [2.45, 2.75) is 6.54 Å². The number of aromatic carboxylic acids is 1. The van der Waals surface area contributed by atoms with Gasteiger partial charge >= 0.3 is 5.97 Å². The molecule has 11 heteroatoms. The van der Waals surface area contributed by atoms with E-state index in [4.69, 9.17) is 16.7 Å². The minimum atomic E-state index is -1.81. The molecule has 0 aliphatic rings. The van der Waals surface area contributed by atoms with Crippen LogP contribution in [0.4, 0.5) is 20.2 Å². The molecule has 7 nitrogen and oxygen atoms in total. The highest BCUT2D eigenvalue weighted by atomic mass is 35.5. The first kappa shape index (κ1) is 16.0. The summed E-state index contributed by atoms with van der Waals surface area (Å²) in [6.07, 6.45) is 1.37. The molecule has 0 atom stereocenters. The van der Waals surface area contributed by atoms with Gasteiger partial charge in [0.15, 0.2) is 21.8 Å². The Balaban J connectivity index is 2.42. The van der Waals surface area contributed by atoms with E-state index in [1.807, 2.05) is 0 Å². The molecule has 0 amide bonds. The number of hydrogen-bond acceptors (Lipinski definition) is 6. The van der Waals surface area contributed by atoms with Gasteiger partial charge in [-0.05, 0) is 0 Å². The van der Waals surface area contributed by atoms with E-state index in [9.17, 15) is 23.7 Å². The van der Waals surface area contributed by atoms with Crippen molar-refractivity contribution in [1.82, 2.24) is 4.98 Å². The molecule has 2 rings (SSSR count). The number of carboxylic acids is 1. The molecule has 1 aromatic carbocycles. The number of nitrogens with one attached hydrogen (secondary N) is 1. The van der Waals surface area contributed by atoms with E-state index in [1.165, 1.54) is 6.20 Å². The molecule has 0 spiro atoms. The second-order valence-electron chi connectivity index (χ2n) is 3.94. The molecule has 0 unspecified atom stereocenters. The van der Waals surface area contributed by atoms with Gasteiger partial charge < -0.3 is 10.4 Å². The molecule has 116 valence electrons. The van der Waals surface area contributed by atoms with Gasteiger partial charge in [0.1, 0.15) is 5.56 Å². The van der Waals surface area contributed by atoms with Crippen molar-refractivity contribution >= 4 is 40.3 Å². The third-order valence-corrected chi connectivity index (χ3v) is 3.69. The second kappa shape index (κ2) is 6.20. The van der Waals surface area contributed by atoms with E-state index in [0.717, 1.165) is 11.3 Å². The zero-order valence-corrected chi connectivity index (χ0v) is 12.0. The van der Waals surface area contributed by atoms with Crippen LogP contribution in [0.2, 0.25) is 4.47 Å². The standard InChI is InChI=1S/C11H6ClF2N3O4S/c12-11-16-3-4(22-11)2-15-9-6(17(20)21)1-5(10(18)19)7(13)8(9)14/h1,3,15H,2H2,(H,18,19). The number of carboxylic acid groups (broad SMARTS) is 1. The summed E-state index contributed by atoms with van der Waals surface area (Å²) in [5.41, 5.74) is -2.74. The summed E-state index contributed by atoms with van der Waals surface area (Å²) in [4.78, 5) is 25.0. The van der Waals surface area contributed by atoms with E-state index < -0.39 is 39.5 Å². The number of halogens is 3. The van der Waals surface area contributed by atoms with Crippen molar-refractivity contribution in [3.8, 4) is 0 Å². The topological polar surface area (TPSA) is 105 Å². The van der Waals surface area contributed by atoms with Crippen molar-refractivity contribution in [3.05, 3.63) is 48.9 Å². The quantitative estimate of drug-likeness (QED) is 0.633. The molecular weight excluding hydrogens is 344 g/mol. The Morgan fingerprint density at radius 2 is 2.18 bits per heavy atom. The number of nitro benzene ring substituents is 1. The summed E-state index contributed by atoms with van der Waals surface area (Å²) in [7, 11) is 0. The molecule has 0 aliphatic heterocycles. The van der Waals surface area contributed by atoms with Crippen LogP contribution in [0, 0.1) is 21.7 Å². The van der Waals surface area contributed by atoms with Gasteiger partial charge in [0.2, 0.25) is 0 Å². The highest BCUT2D eigenvalue weighted by Gasteiger charge is 2.28. The molecule has 0 radical (unpaired) electrons. The maximum absolute atomic E-state index is 13.9. The van der Waals surface area contributed by atoms with Crippen LogP contribution in [0.1, 0.15) is 15.2 Å². The van der Waals surface area contributed by atoms with Gasteiger partial charge in [-0.2, -0.15) is 0 Å². The maximum Gasteiger partial charge on any atom is 0.339 e. The van der Waals surface area contributed by atoms with E-state index in [0.29, 0.717) is 10.9 Å². The summed E-state index contributed by atoms with van der Waals surface area (Å²) in [5.74, 6) is -5.12. The number of hydrogen-bond donors (Lipinski definition) is 2.